The van der Waals surface area contributed by atoms with E-state index in [0.717, 1.165) is 11.4 Å². The quantitative estimate of drug-likeness (QED) is 0.278. The van der Waals surface area contributed by atoms with E-state index in [4.69, 9.17) is 0 Å². The molecule has 0 saturated carbocycles. The van der Waals surface area contributed by atoms with Crippen LogP contribution in [0.4, 0.5) is 11.4 Å². The molecule has 0 spiro atoms. The van der Waals surface area contributed by atoms with Crippen molar-refractivity contribution in [2.75, 3.05) is 5.32 Å². The largest absolute Gasteiger partial charge is 0.355 e. The molecule has 176 valence electrons. The Morgan fingerprint density at radius 3 is 1.94 bits per heavy atom. The second-order valence-electron chi connectivity index (χ2n) is 10.6. The summed E-state index contributed by atoms with van der Waals surface area (Å²) in [5.74, 6) is 0. The lowest BCUT2D eigenvalue weighted by Crippen LogP contribution is -2.15. The fraction of sp³-hybridized carbons (Fsp3) is 0.143. The van der Waals surface area contributed by atoms with Crippen molar-refractivity contribution in [3.63, 3.8) is 0 Å². The van der Waals surface area contributed by atoms with Gasteiger partial charge in [0.05, 0.1) is 0 Å². The van der Waals surface area contributed by atoms with Crippen molar-refractivity contribution in [3.05, 3.63) is 131 Å². The summed E-state index contributed by atoms with van der Waals surface area (Å²) >= 11 is 0. The van der Waals surface area contributed by atoms with Gasteiger partial charge in [-0.3, -0.25) is 0 Å². The zero-order valence-electron chi connectivity index (χ0n) is 21.4. The van der Waals surface area contributed by atoms with Gasteiger partial charge in [-0.05, 0) is 77.1 Å². The molecule has 0 amide bonds. The predicted octanol–water partition coefficient (Wildman–Crippen LogP) is 9.69. The minimum atomic E-state index is -0.0159. The zero-order chi connectivity index (χ0) is 24.9. The molecule has 6 rings (SSSR count). The number of aryl methyl sites for hydroxylation is 2. The van der Waals surface area contributed by atoms with E-state index >= 15 is 0 Å². The summed E-state index contributed by atoms with van der Waals surface area (Å²) in [5, 5.41) is 3.77. The summed E-state index contributed by atoms with van der Waals surface area (Å²) in [7, 11) is 0. The smallest absolute Gasteiger partial charge is 0.0464 e. The van der Waals surface area contributed by atoms with Crippen LogP contribution in [0, 0.1) is 13.8 Å². The van der Waals surface area contributed by atoms with Crippen LogP contribution in [0.15, 0.2) is 109 Å². The van der Waals surface area contributed by atoms with Crippen LogP contribution in [-0.4, -0.2) is 0 Å². The maximum Gasteiger partial charge on any atom is 0.0464 e. The average molecular weight is 466 g/mol. The van der Waals surface area contributed by atoms with Gasteiger partial charge in [0, 0.05) is 22.4 Å². The van der Waals surface area contributed by atoms with E-state index in [2.05, 4.69) is 142 Å². The summed E-state index contributed by atoms with van der Waals surface area (Å²) in [6.45, 7) is 8.96. The number of hydrogen-bond acceptors (Lipinski definition) is 1. The molecule has 5 aromatic rings. The Morgan fingerprint density at radius 1 is 0.500 bits per heavy atom. The molecule has 0 radical (unpaired) electrons. The molecule has 0 unspecified atom stereocenters. The summed E-state index contributed by atoms with van der Waals surface area (Å²) < 4.78 is 0. The van der Waals surface area contributed by atoms with Gasteiger partial charge in [-0.25, -0.2) is 0 Å². The van der Waals surface area contributed by atoms with E-state index < -0.39 is 0 Å². The molecule has 0 heterocycles. The van der Waals surface area contributed by atoms with E-state index in [1.165, 1.54) is 55.6 Å². The van der Waals surface area contributed by atoms with Gasteiger partial charge < -0.3 is 5.32 Å². The molecule has 1 N–H and O–H groups in total. The van der Waals surface area contributed by atoms with Crippen LogP contribution in [0.2, 0.25) is 0 Å². The molecule has 0 fully saturated rings. The van der Waals surface area contributed by atoms with Crippen molar-refractivity contribution in [1.29, 1.82) is 0 Å². The highest BCUT2D eigenvalue weighted by molar-refractivity contribution is 5.87. The van der Waals surface area contributed by atoms with E-state index in [1.807, 2.05) is 0 Å². The number of anilines is 2. The van der Waals surface area contributed by atoms with Gasteiger partial charge in [0.1, 0.15) is 0 Å². The lowest BCUT2D eigenvalue weighted by Gasteiger charge is -2.22. The third-order valence-electron chi connectivity index (χ3n) is 7.56. The average Bonchev–Trinajstić information content (AvgIpc) is 3.11. The number of rotatable bonds is 4. The summed E-state index contributed by atoms with van der Waals surface area (Å²) in [6.07, 6.45) is 0. The van der Waals surface area contributed by atoms with Gasteiger partial charge in [0.25, 0.3) is 0 Å². The van der Waals surface area contributed by atoms with Crippen molar-refractivity contribution in [2.24, 2.45) is 0 Å². The fourth-order valence-corrected chi connectivity index (χ4v) is 5.65. The van der Waals surface area contributed by atoms with Crippen molar-refractivity contribution < 1.29 is 0 Å². The molecule has 1 aliphatic carbocycles. The molecule has 0 aliphatic heterocycles. The van der Waals surface area contributed by atoms with Gasteiger partial charge in [-0.15, -0.1) is 0 Å². The summed E-state index contributed by atoms with van der Waals surface area (Å²) in [6, 6.07) is 39.9. The Balaban J connectivity index is 1.44. The first-order valence-corrected chi connectivity index (χ1v) is 12.7. The molecule has 1 heteroatoms. The second kappa shape index (κ2) is 8.53. The Hall–Kier alpha value is -4.10. The maximum atomic E-state index is 3.77. The minimum Gasteiger partial charge on any atom is -0.355 e. The molecule has 0 aromatic heterocycles. The third kappa shape index (κ3) is 3.82. The number of benzene rings is 5. The standard InChI is InChI=1S/C35H31N/c1-23-9-7-11-25(19-23)26-15-18-34(31(21-26)27-12-8-10-24(2)20-27)36-28-16-17-30-29-13-5-6-14-32(29)35(3,4)33(30)22-28/h5-22,36H,1-4H3. The van der Waals surface area contributed by atoms with E-state index in [-0.39, 0.29) is 5.41 Å². The van der Waals surface area contributed by atoms with Crippen LogP contribution in [-0.2, 0) is 5.41 Å². The van der Waals surface area contributed by atoms with E-state index in [0.29, 0.717) is 0 Å². The van der Waals surface area contributed by atoms with Crippen molar-refractivity contribution >= 4 is 11.4 Å². The Bertz CT molecular complexity index is 1610. The van der Waals surface area contributed by atoms with Gasteiger partial charge in [-0.2, -0.15) is 0 Å². The Labute approximate surface area is 214 Å². The first kappa shape index (κ1) is 22.4. The first-order chi connectivity index (χ1) is 17.4. The highest BCUT2D eigenvalue weighted by atomic mass is 14.9. The second-order valence-corrected chi connectivity index (χ2v) is 10.6. The molecular weight excluding hydrogens is 434 g/mol. The molecule has 0 bridgehead atoms. The molecule has 0 atom stereocenters. The number of fused-ring (bicyclic) bond motifs is 3. The monoisotopic (exact) mass is 465 g/mol. The number of hydrogen-bond donors (Lipinski definition) is 1. The minimum absolute atomic E-state index is 0.0159. The van der Waals surface area contributed by atoms with Gasteiger partial charge in [-0.1, -0.05) is 110 Å². The Kier molecular flexibility index (Phi) is 5.30. The molecule has 0 saturated heterocycles. The first-order valence-electron chi connectivity index (χ1n) is 12.7. The van der Waals surface area contributed by atoms with Crippen LogP contribution in [0.5, 0.6) is 0 Å². The zero-order valence-corrected chi connectivity index (χ0v) is 21.4. The third-order valence-corrected chi connectivity index (χ3v) is 7.56. The van der Waals surface area contributed by atoms with Crippen LogP contribution >= 0.6 is 0 Å². The molecule has 5 aromatic carbocycles. The van der Waals surface area contributed by atoms with Gasteiger partial charge in [0.15, 0.2) is 0 Å². The fourth-order valence-electron chi connectivity index (χ4n) is 5.65. The molecule has 1 nitrogen and oxygen atoms in total. The SMILES string of the molecule is Cc1cccc(-c2ccc(Nc3ccc4c(c3)C(C)(C)c3ccccc3-4)c(-c3cccc(C)c3)c2)c1. The van der Waals surface area contributed by atoms with Crippen LogP contribution in [0.25, 0.3) is 33.4 Å². The maximum absolute atomic E-state index is 3.77. The summed E-state index contributed by atoms with van der Waals surface area (Å²) in [5.41, 5.74) is 15.1. The van der Waals surface area contributed by atoms with Gasteiger partial charge >= 0.3 is 0 Å². The lowest BCUT2D eigenvalue weighted by molar-refractivity contribution is 0.660. The number of nitrogens with one attached hydrogen (secondary N) is 1. The Morgan fingerprint density at radius 2 is 1.17 bits per heavy atom. The normalized spacial score (nSPS) is 13.2. The predicted molar refractivity (Wildman–Crippen MR) is 154 cm³/mol. The lowest BCUT2D eigenvalue weighted by atomic mass is 9.82. The van der Waals surface area contributed by atoms with Gasteiger partial charge in [0.2, 0.25) is 0 Å². The molecule has 1 aliphatic rings. The van der Waals surface area contributed by atoms with Crippen molar-refractivity contribution in [1.82, 2.24) is 0 Å². The highest BCUT2D eigenvalue weighted by Gasteiger charge is 2.35. The molecule has 36 heavy (non-hydrogen) atoms. The van der Waals surface area contributed by atoms with E-state index in [1.54, 1.807) is 0 Å². The van der Waals surface area contributed by atoms with Crippen molar-refractivity contribution in [2.45, 2.75) is 33.1 Å². The van der Waals surface area contributed by atoms with Crippen LogP contribution in [0.3, 0.4) is 0 Å². The highest BCUT2D eigenvalue weighted by Crippen LogP contribution is 2.49. The van der Waals surface area contributed by atoms with Crippen LogP contribution < -0.4 is 5.32 Å². The topological polar surface area (TPSA) is 12.0 Å². The van der Waals surface area contributed by atoms with Crippen molar-refractivity contribution in [3.8, 4) is 33.4 Å². The van der Waals surface area contributed by atoms with E-state index in [9.17, 15) is 0 Å². The van der Waals surface area contributed by atoms with Crippen LogP contribution in [0.1, 0.15) is 36.1 Å². The summed E-state index contributed by atoms with van der Waals surface area (Å²) in [4.78, 5) is 0. The molecular formula is C35H31N.